The number of para-hydroxylation sites is 1. The molecule has 4 rings (SSSR count). The number of rotatable bonds is 8. The van der Waals surface area contributed by atoms with E-state index in [-0.39, 0.29) is 11.9 Å². The van der Waals surface area contributed by atoms with Crippen molar-refractivity contribution in [1.82, 2.24) is 9.88 Å². The normalized spacial score (nSPS) is 16.3. The Labute approximate surface area is 178 Å². The summed E-state index contributed by atoms with van der Waals surface area (Å²) in [6.45, 7) is 2.98. The van der Waals surface area contributed by atoms with Crippen molar-refractivity contribution in [3.8, 4) is 16.9 Å². The molecule has 0 aliphatic carbocycles. The molecule has 30 heavy (non-hydrogen) atoms. The van der Waals surface area contributed by atoms with Crippen molar-refractivity contribution in [2.45, 2.75) is 57.9 Å². The zero-order valence-electron chi connectivity index (χ0n) is 17.9. The third kappa shape index (κ3) is 4.20. The topological polar surface area (TPSA) is 55.6 Å². The second-order valence-electron chi connectivity index (χ2n) is 7.99. The molecule has 0 N–H and O–H groups in total. The Kier molecular flexibility index (Phi) is 6.36. The number of hydrogen-bond acceptors (Lipinski definition) is 4. The quantitative estimate of drug-likeness (QED) is 0.422. The van der Waals surface area contributed by atoms with E-state index in [1.807, 2.05) is 47.4 Å². The molecule has 1 saturated heterocycles. The van der Waals surface area contributed by atoms with Crippen LogP contribution in [0.2, 0.25) is 0 Å². The van der Waals surface area contributed by atoms with E-state index in [0.29, 0.717) is 12.3 Å². The summed E-state index contributed by atoms with van der Waals surface area (Å²) in [5, 5.41) is 0. The van der Waals surface area contributed by atoms with Crippen LogP contribution >= 0.6 is 0 Å². The summed E-state index contributed by atoms with van der Waals surface area (Å²) in [6, 6.07) is 13.9. The Balaban J connectivity index is 1.55. The molecule has 0 spiro atoms. The molecule has 2 heterocycles. The second-order valence-corrected chi connectivity index (χ2v) is 7.99. The first-order valence-electron chi connectivity index (χ1n) is 11.0. The summed E-state index contributed by atoms with van der Waals surface area (Å²) < 4.78 is 11.6. The predicted molar refractivity (Wildman–Crippen MR) is 118 cm³/mol. The van der Waals surface area contributed by atoms with E-state index in [0.717, 1.165) is 60.2 Å². The van der Waals surface area contributed by atoms with E-state index in [4.69, 9.17) is 14.1 Å². The molecule has 0 radical (unpaired) electrons. The maximum absolute atomic E-state index is 12.8. The van der Waals surface area contributed by atoms with Gasteiger partial charge in [0.2, 0.25) is 11.8 Å². The fourth-order valence-corrected chi connectivity index (χ4v) is 4.31. The summed E-state index contributed by atoms with van der Waals surface area (Å²) in [5.41, 5.74) is 3.63. The van der Waals surface area contributed by atoms with Crippen LogP contribution in [0.1, 0.15) is 63.8 Å². The van der Waals surface area contributed by atoms with Gasteiger partial charge in [0.1, 0.15) is 17.3 Å². The van der Waals surface area contributed by atoms with E-state index in [9.17, 15) is 4.79 Å². The van der Waals surface area contributed by atoms with Crippen LogP contribution in [0.3, 0.4) is 0 Å². The molecule has 1 atom stereocenters. The van der Waals surface area contributed by atoms with Gasteiger partial charge in [-0.15, -0.1) is 0 Å². The number of benzene rings is 2. The van der Waals surface area contributed by atoms with Crippen LogP contribution in [-0.2, 0) is 4.79 Å². The van der Waals surface area contributed by atoms with Crippen LogP contribution < -0.4 is 4.74 Å². The van der Waals surface area contributed by atoms with Gasteiger partial charge in [-0.2, -0.15) is 0 Å². The Morgan fingerprint density at radius 3 is 2.90 bits per heavy atom. The highest BCUT2D eigenvalue weighted by atomic mass is 16.5. The minimum absolute atomic E-state index is 0.0502. The van der Waals surface area contributed by atoms with Crippen LogP contribution in [0.25, 0.3) is 22.2 Å². The highest BCUT2D eigenvalue weighted by Gasteiger charge is 2.33. The molecule has 5 nitrogen and oxygen atoms in total. The maximum Gasteiger partial charge on any atom is 0.223 e. The first-order valence-corrected chi connectivity index (χ1v) is 11.0. The molecular formula is C25H30N2O3. The van der Waals surface area contributed by atoms with Crippen molar-refractivity contribution >= 4 is 17.0 Å². The molecule has 0 bridgehead atoms. The van der Waals surface area contributed by atoms with Gasteiger partial charge in [0.05, 0.1) is 7.11 Å². The summed E-state index contributed by atoms with van der Waals surface area (Å²) in [5.74, 6) is 1.71. The summed E-state index contributed by atoms with van der Waals surface area (Å²) >= 11 is 0. The number of nitrogens with zero attached hydrogens (tertiary/aromatic N) is 2. The van der Waals surface area contributed by atoms with Crippen molar-refractivity contribution < 1.29 is 13.9 Å². The first-order chi connectivity index (χ1) is 14.7. The Morgan fingerprint density at radius 1 is 1.20 bits per heavy atom. The van der Waals surface area contributed by atoms with Gasteiger partial charge in [-0.3, -0.25) is 4.79 Å². The lowest BCUT2D eigenvalue weighted by atomic mass is 10.0. The number of fused-ring (bicyclic) bond motifs is 1. The van der Waals surface area contributed by atoms with Gasteiger partial charge in [0.15, 0.2) is 5.58 Å². The van der Waals surface area contributed by atoms with Crippen LogP contribution in [0, 0.1) is 0 Å². The van der Waals surface area contributed by atoms with Crippen LogP contribution in [0.15, 0.2) is 46.9 Å². The minimum atomic E-state index is -0.0502. The minimum Gasteiger partial charge on any atom is -0.496 e. The van der Waals surface area contributed by atoms with Crippen LogP contribution in [-0.4, -0.2) is 29.4 Å². The molecule has 1 aliphatic heterocycles. The standard InChI is InChI=1S/C25H30N2O3/c1-3-4-5-6-13-24(28)27-16-9-11-21(27)25-26-20-17-18(14-15-23(20)30-25)19-10-7-8-12-22(19)29-2/h7-8,10,12,14-15,17,21H,3-6,9,11,13,16H2,1-2H3/t21-/m1/s1. The zero-order chi connectivity index (χ0) is 20.9. The highest BCUT2D eigenvalue weighted by molar-refractivity contribution is 5.82. The molecule has 2 aromatic carbocycles. The number of hydrogen-bond donors (Lipinski definition) is 0. The van der Waals surface area contributed by atoms with Gasteiger partial charge in [0.25, 0.3) is 0 Å². The molecule has 0 saturated carbocycles. The Hall–Kier alpha value is -2.82. The van der Waals surface area contributed by atoms with Gasteiger partial charge < -0.3 is 14.1 Å². The fourth-order valence-electron chi connectivity index (χ4n) is 4.31. The van der Waals surface area contributed by atoms with E-state index < -0.39 is 0 Å². The number of amides is 1. The molecule has 1 fully saturated rings. The van der Waals surface area contributed by atoms with Crippen molar-refractivity contribution in [3.05, 3.63) is 48.4 Å². The average Bonchev–Trinajstić information content (AvgIpc) is 3.42. The lowest BCUT2D eigenvalue weighted by Gasteiger charge is -2.22. The number of likely N-dealkylation sites (tertiary alicyclic amines) is 1. The third-order valence-corrected chi connectivity index (χ3v) is 5.92. The molecule has 1 aromatic heterocycles. The molecule has 1 aliphatic rings. The lowest BCUT2D eigenvalue weighted by Crippen LogP contribution is -2.30. The Morgan fingerprint density at radius 2 is 2.07 bits per heavy atom. The third-order valence-electron chi connectivity index (χ3n) is 5.92. The molecule has 0 unspecified atom stereocenters. The van der Waals surface area contributed by atoms with Gasteiger partial charge in [-0.05, 0) is 43.0 Å². The Bertz CT molecular complexity index is 1010. The average molecular weight is 407 g/mol. The van der Waals surface area contributed by atoms with Crippen molar-refractivity contribution in [3.63, 3.8) is 0 Å². The number of unbranched alkanes of at least 4 members (excludes halogenated alkanes) is 3. The first kappa shape index (κ1) is 20.5. The molecule has 3 aromatic rings. The molecule has 5 heteroatoms. The van der Waals surface area contributed by atoms with Crippen molar-refractivity contribution in [1.29, 1.82) is 0 Å². The SMILES string of the molecule is CCCCCCC(=O)N1CCC[C@@H]1c1nc2cc(-c3ccccc3OC)ccc2o1. The number of ether oxygens (including phenoxy) is 1. The van der Waals surface area contributed by atoms with E-state index in [2.05, 4.69) is 6.92 Å². The fraction of sp³-hybridized carbons (Fsp3) is 0.440. The monoisotopic (exact) mass is 406 g/mol. The van der Waals surface area contributed by atoms with E-state index >= 15 is 0 Å². The van der Waals surface area contributed by atoms with E-state index in [1.165, 1.54) is 12.8 Å². The maximum atomic E-state index is 12.8. The number of carbonyl (C=O) groups excluding carboxylic acids is 1. The molecular weight excluding hydrogens is 376 g/mol. The summed E-state index contributed by atoms with van der Waals surface area (Å²) in [7, 11) is 1.68. The van der Waals surface area contributed by atoms with Crippen molar-refractivity contribution in [2.24, 2.45) is 0 Å². The largest absolute Gasteiger partial charge is 0.496 e. The zero-order valence-corrected chi connectivity index (χ0v) is 17.9. The summed E-state index contributed by atoms with van der Waals surface area (Å²) in [4.78, 5) is 19.5. The molecule has 1 amide bonds. The van der Waals surface area contributed by atoms with Crippen LogP contribution in [0.5, 0.6) is 5.75 Å². The molecule has 158 valence electrons. The smallest absolute Gasteiger partial charge is 0.223 e. The van der Waals surface area contributed by atoms with Gasteiger partial charge in [-0.1, -0.05) is 50.5 Å². The number of methoxy groups -OCH3 is 1. The van der Waals surface area contributed by atoms with Gasteiger partial charge in [0, 0.05) is 18.5 Å². The summed E-state index contributed by atoms with van der Waals surface area (Å²) in [6.07, 6.45) is 6.98. The second kappa shape index (κ2) is 9.33. The lowest BCUT2D eigenvalue weighted by molar-refractivity contribution is -0.132. The van der Waals surface area contributed by atoms with Crippen molar-refractivity contribution in [2.75, 3.05) is 13.7 Å². The van der Waals surface area contributed by atoms with Gasteiger partial charge >= 0.3 is 0 Å². The van der Waals surface area contributed by atoms with E-state index in [1.54, 1.807) is 7.11 Å². The van der Waals surface area contributed by atoms with Gasteiger partial charge in [-0.25, -0.2) is 4.98 Å². The predicted octanol–water partition coefficient (Wildman–Crippen LogP) is 6.14. The van der Waals surface area contributed by atoms with Crippen LogP contribution in [0.4, 0.5) is 0 Å². The number of aromatic nitrogens is 1. The number of carbonyl (C=O) groups is 1. The highest BCUT2D eigenvalue weighted by Crippen LogP contribution is 2.36. The number of oxazole rings is 1.